The van der Waals surface area contributed by atoms with Crippen LogP contribution in [0.4, 0.5) is 5.69 Å². The first-order valence-corrected chi connectivity index (χ1v) is 13.4. The summed E-state index contributed by atoms with van der Waals surface area (Å²) >= 11 is 0. The molecule has 1 aromatic carbocycles. The highest BCUT2D eigenvalue weighted by Gasteiger charge is 2.40. The minimum Gasteiger partial charge on any atom is -0.507 e. The van der Waals surface area contributed by atoms with E-state index in [1.807, 2.05) is 26.8 Å². The lowest BCUT2D eigenvalue weighted by molar-refractivity contribution is -0.122. The molecule has 0 saturated heterocycles. The predicted molar refractivity (Wildman–Crippen MR) is 144 cm³/mol. The lowest BCUT2D eigenvalue weighted by Gasteiger charge is -2.26. The number of carbonyl (C=O) groups excluding carboxylic acids is 2. The highest BCUT2D eigenvalue weighted by Crippen LogP contribution is 2.45. The number of benzene rings is 1. The number of aromatic hydroxyl groups is 1. The normalized spacial score (nSPS) is 20.3. The smallest absolute Gasteiger partial charge is 0.203 e. The van der Waals surface area contributed by atoms with Gasteiger partial charge < -0.3 is 15.1 Å². The Bertz CT molecular complexity index is 1200. The Labute approximate surface area is 214 Å². The van der Waals surface area contributed by atoms with Gasteiger partial charge in [-0.25, -0.2) is 0 Å². The van der Waals surface area contributed by atoms with E-state index in [-0.39, 0.29) is 34.4 Å². The van der Waals surface area contributed by atoms with E-state index in [1.165, 1.54) is 12.8 Å². The lowest BCUT2D eigenvalue weighted by Crippen LogP contribution is -2.25. The maximum Gasteiger partial charge on any atom is 0.203 e. The summed E-state index contributed by atoms with van der Waals surface area (Å²) in [6, 6.07) is 5.19. The maximum absolute atomic E-state index is 13.1. The molecule has 192 valence electrons. The Kier molecular flexibility index (Phi) is 7.82. The number of phenols is 1. The number of aliphatic hydroxyl groups is 1. The van der Waals surface area contributed by atoms with Gasteiger partial charge in [-0.15, -0.1) is 0 Å². The van der Waals surface area contributed by atoms with Crippen LogP contribution in [0.3, 0.4) is 0 Å². The summed E-state index contributed by atoms with van der Waals surface area (Å²) in [5.74, 6) is 0.190. The number of allylic oxidation sites excluding steroid dienone is 4. The number of aliphatic imine (C=N–C) groups is 1. The first-order chi connectivity index (χ1) is 17.3. The van der Waals surface area contributed by atoms with E-state index >= 15 is 0 Å². The van der Waals surface area contributed by atoms with Crippen molar-refractivity contribution >= 4 is 28.5 Å². The Morgan fingerprint density at radius 2 is 1.81 bits per heavy atom. The minimum atomic E-state index is -0.292. The van der Waals surface area contributed by atoms with Crippen LogP contribution in [0.15, 0.2) is 51.4 Å². The fourth-order valence-electron chi connectivity index (χ4n) is 5.82. The number of carbonyl (C=O) groups is 2. The molecule has 1 heterocycles. The summed E-state index contributed by atoms with van der Waals surface area (Å²) in [6.45, 7) is 9.54. The third-order valence-corrected chi connectivity index (χ3v) is 7.92. The molecule has 3 aliphatic rings. The number of anilines is 1. The van der Waals surface area contributed by atoms with Gasteiger partial charge in [-0.1, -0.05) is 26.7 Å². The average Bonchev–Trinajstić information content (AvgIpc) is 3.51. The third kappa shape index (κ3) is 4.65. The van der Waals surface area contributed by atoms with Crippen molar-refractivity contribution in [3.8, 4) is 5.75 Å². The highest BCUT2D eigenvalue weighted by atomic mass is 16.3. The summed E-state index contributed by atoms with van der Waals surface area (Å²) < 4.78 is 0. The van der Waals surface area contributed by atoms with Crippen molar-refractivity contribution in [2.75, 3.05) is 18.0 Å². The van der Waals surface area contributed by atoms with Gasteiger partial charge in [0.1, 0.15) is 17.3 Å². The number of hydrogen-bond acceptors (Lipinski definition) is 6. The van der Waals surface area contributed by atoms with Gasteiger partial charge in [0, 0.05) is 48.5 Å². The zero-order valence-electron chi connectivity index (χ0n) is 22.0. The molecule has 0 amide bonds. The van der Waals surface area contributed by atoms with Crippen molar-refractivity contribution in [3.63, 3.8) is 0 Å². The molecule has 2 aliphatic carbocycles. The van der Waals surface area contributed by atoms with Crippen molar-refractivity contribution in [1.82, 2.24) is 0 Å². The van der Waals surface area contributed by atoms with Gasteiger partial charge in [0.15, 0.2) is 0 Å². The van der Waals surface area contributed by atoms with Crippen LogP contribution in [0.2, 0.25) is 0 Å². The second-order valence-electron chi connectivity index (χ2n) is 9.98. The molecular formula is C30H38N2O4. The molecule has 0 spiro atoms. The van der Waals surface area contributed by atoms with Crippen LogP contribution < -0.4 is 4.90 Å². The maximum atomic E-state index is 13.1. The molecule has 36 heavy (non-hydrogen) atoms. The number of Topliss-reactive ketones (excluding diaryl/α,β-unsaturated/α-hetero) is 2. The van der Waals surface area contributed by atoms with Crippen LogP contribution in [0.5, 0.6) is 5.75 Å². The van der Waals surface area contributed by atoms with Crippen molar-refractivity contribution in [2.45, 2.75) is 79.1 Å². The third-order valence-electron chi connectivity index (χ3n) is 7.92. The van der Waals surface area contributed by atoms with Gasteiger partial charge in [-0.05, 0) is 69.2 Å². The molecule has 2 N–H and O–H groups in total. The molecule has 0 unspecified atom stereocenters. The minimum absolute atomic E-state index is 0.0439. The lowest BCUT2D eigenvalue weighted by atomic mass is 9.81. The molecule has 1 saturated carbocycles. The van der Waals surface area contributed by atoms with Gasteiger partial charge in [0.05, 0.1) is 16.8 Å². The fraction of sp³-hybridized carbons (Fsp3) is 0.500. The molecule has 0 atom stereocenters. The monoisotopic (exact) mass is 490 g/mol. The second-order valence-corrected chi connectivity index (χ2v) is 9.98. The van der Waals surface area contributed by atoms with E-state index in [0.29, 0.717) is 23.5 Å². The van der Waals surface area contributed by atoms with Gasteiger partial charge in [0.2, 0.25) is 5.78 Å². The summed E-state index contributed by atoms with van der Waals surface area (Å²) in [6.07, 6.45) is 7.37. The topological polar surface area (TPSA) is 90.2 Å². The average molecular weight is 491 g/mol. The summed E-state index contributed by atoms with van der Waals surface area (Å²) in [5, 5.41) is 21.6. The second kappa shape index (κ2) is 10.9. The molecule has 4 rings (SSSR count). The summed E-state index contributed by atoms with van der Waals surface area (Å²) in [5.41, 5.74) is 5.11. The van der Waals surface area contributed by atoms with E-state index in [2.05, 4.69) is 16.8 Å². The molecule has 0 aromatic heterocycles. The van der Waals surface area contributed by atoms with Crippen molar-refractivity contribution < 1.29 is 19.8 Å². The highest BCUT2D eigenvalue weighted by molar-refractivity contribution is 6.40. The number of phenolic OH excluding ortho intramolecular Hbond substituents is 1. The first kappa shape index (κ1) is 25.9. The van der Waals surface area contributed by atoms with Gasteiger partial charge in [-0.3, -0.25) is 14.6 Å². The van der Waals surface area contributed by atoms with E-state index < -0.39 is 0 Å². The number of hydrogen-bond donors (Lipinski definition) is 2. The van der Waals surface area contributed by atoms with E-state index in [0.717, 1.165) is 67.7 Å². The van der Waals surface area contributed by atoms with Gasteiger partial charge in [-0.2, -0.15) is 0 Å². The van der Waals surface area contributed by atoms with Crippen LogP contribution in [-0.2, 0) is 9.59 Å². The van der Waals surface area contributed by atoms with Crippen LogP contribution in [-0.4, -0.2) is 40.6 Å². The number of rotatable bonds is 10. The molecule has 0 radical (unpaired) electrons. The molecule has 6 heteroatoms. The predicted octanol–water partition coefficient (Wildman–Crippen LogP) is 6.46. The Balaban J connectivity index is 1.51. The Morgan fingerprint density at radius 3 is 2.36 bits per heavy atom. The zero-order chi connectivity index (χ0) is 26.0. The van der Waals surface area contributed by atoms with E-state index in [1.54, 1.807) is 12.1 Å². The first-order valence-electron chi connectivity index (χ1n) is 13.4. The summed E-state index contributed by atoms with van der Waals surface area (Å²) in [7, 11) is 0. The fourth-order valence-corrected chi connectivity index (χ4v) is 5.82. The number of nitrogens with zero attached hydrogens (tertiary/aromatic N) is 2. The molecule has 0 bridgehead atoms. The van der Waals surface area contributed by atoms with Crippen molar-refractivity contribution in [2.24, 2.45) is 10.9 Å². The molecule has 1 aromatic rings. The summed E-state index contributed by atoms with van der Waals surface area (Å²) in [4.78, 5) is 32.3. The van der Waals surface area contributed by atoms with Gasteiger partial charge in [0.25, 0.3) is 0 Å². The molecule has 1 aliphatic heterocycles. The number of aliphatic hydroxyl groups excluding tert-OH is 1. The molecular weight excluding hydrogens is 452 g/mol. The standard InChI is InChI=1S/C30H38N2O4/c1-5-21-18(4)28(31-23(21)6-2)27-29(35)26(30(27)36)22-15-14-20(17-25(22)34)32(7-3)16-10-13-24(33)19-11-8-9-12-19/h14-15,17,19,34-35H,5-13,16H2,1-4H3. The van der Waals surface area contributed by atoms with Crippen LogP contribution in [0, 0.1) is 5.92 Å². The van der Waals surface area contributed by atoms with Crippen LogP contribution in [0.1, 0.15) is 84.6 Å². The quantitative estimate of drug-likeness (QED) is 0.368. The van der Waals surface area contributed by atoms with E-state index in [9.17, 15) is 19.8 Å². The Morgan fingerprint density at radius 1 is 1.08 bits per heavy atom. The zero-order valence-corrected chi connectivity index (χ0v) is 22.0. The van der Waals surface area contributed by atoms with Crippen molar-refractivity contribution in [3.05, 3.63) is 51.9 Å². The van der Waals surface area contributed by atoms with Crippen LogP contribution in [0.25, 0.3) is 5.57 Å². The van der Waals surface area contributed by atoms with Crippen LogP contribution >= 0.6 is 0 Å². The molecule has 1 fully saturated rings. The SMILES string of the molecule is CCC1=NC(=C2C(=O)C(c3ccc(N(CC)CCCC(=O)C4CCCC4)cc3O)=C2O)C(C)=C1CC. The largest absolute Gasteiger partial charge is 0.507 e. The van der Waals surface area contributed by atoms with E-state index in [4.69, 9.17) is 0 Å². The van der Waals surface area contributed by atoms with Gasteiger partial charge >= 0.3 is 0 Å². The Hall–Kier alpha value is -3.15. The molecule has 6 nitrogen and oxygen atoms in total. The number of ketones is 2. The van der Waals surface area contributed by atoms with Crippen molar-refractivity contribution in [1.29, 1.82) is 0 Å².